The zero-order chi connectivity index (χ0) is 18.2. The zero-order valence-corrected chi connectivity index (χ0v) is 14.6. The molecule has 26 heavy (non-hydrogen) atoms. The molecule has 1 aromatic heterocycles. The first-order chi connectivity index (χ1) is 12.8. The first-order valence-corrected chi connectivity index (χ1v) is 8.59. The van der Waals surface area contributed by atoms with E-state index in [4.69, 9.17) is 9.47 Å². The molecule has 0 aliphatic rings. The van der Waals surface area contributed by atoms with Crippen LogP contribution >= 0.6 is 0 Å². The van der Waals surface area contributed by atoms with Crippen molar-refractivity contribution < 1.29 is 14.3 Å². The summed E-state index contributed by atoms with van der Waals surface area (Å²) in [6.45, 7) is 2.57. The van der Waals surface area contributed by atoms with Crippen molar-refractivity contribution in [2.45, 2.75) is 26.4 Å². The third-order valence-corrected chi connectivity index (χ3v) is 3.83. The average Bonchev–Trinajstić information content (AvgIpc) is 3.15. The minimum absolute atomic E-state index is 0.0652. The SMILES string of the molecule is CCOC(=O)c1n[nH]c(CCc2ccccc2OCc2ccccc2)n1. The van der Waals surface area contributed by atoms with Gasteiger partial charge in [-0.2, -0.15) is 0 Å². The van der Waals surface area contributed by atoms with Gasteiger partial charge in [-0.05, 0) is 30.5 Å². The van der Waals surface area contributed by atoms with E-state index in [0.717, 1.165) is 23.3 Å². The lowest BCUT2D eigenvalue weighted by molar-refractivity contribution is 0.0512. The highest BCUT2D eigenvalue weighted by Crippen LogP contribution is 2.21. The normalized spacial score (nSPS) is 10.5. The van der Waals surface area contributed by atoms with Gasteiger partial charge in [-0.3, -0.25) is 5.10 Å². The van der Waals surface area contributed by atoms with Gasteiger partial charge in [0.05, 0.1) is 6.61 Å². The van der Waals surface area contributed by atoms with Gasteiger partial charge < -0.3 is 9.47 Å². The monoisotopic (exact) mass is 351 g/mol. The number of carbonyl (C=O) groups excluding carboxylic acids is 1. The van der Waals surface area contributed by atoms with Crippen molar-refractivity contribution in [3.63, 3.8) is 0 Å². The van der Waals surface area contributed by atoms with Gasteiger partial charge in [0, 0.05) is 6.42 Å². The Morgan fingerprint density at radius 3 is 2.62 bits per heavy atom. The van der Waals surface area contributed by atoms with Crippen LogP contribution in [0.4, 0.5) is 0 Å². The second-order valence-corrected chi connectivity index (χ2v) is 5.71. The van der Waals surface area contributed by atoms with E-state index < -0.39 is 5.97 Å². The maximum atomic E-state index is 11.6. The number of hydrogen-bond donors (Lipinski definition) is 1. The zero-order valence-electron chi connectivity index (χ0n) is 14.6. The third-order valence-electron chi connectivity index (χ3n) is 3.83. The largest absolute Gasteiger partial charge is 0.489 e. The van der Waals surface area contributed by atoms with Crippen LogP contribution in [0.1, 0.15) is 34.5 Å². The molecule has 0 amide bonds. The maximum Gasteiger partial charge on any atom is 0.378 e. The molecule has 1 N–H and O–H groups in total. The Hall–Kier alpha value is -3.15. The van der Waals surface area contributed by atoms with Crippen molar-refractivity contribution in [3.05, 3.63) is 77.4 Å². The lowest BCUT2D eigenvalue weighted by atomic mass is 10.1. The summed E-state index contributed by atoms with van der Waals surface area (Å²) in [4.78, 5) is 15.8. The van der Waals surface area contributed by atoms with E-state index in [1.54, 1.807) is 6.92 Å². The van der Waals surface area contributed by atoms with Gasteiger partial charge in [-0.25, -0.2) is 9.78 Å². The van der Waals surface area contributed by atoms with E-state index in [1.165, 1.54) is 0 Å². The lowest BCUT2D eigenvalue weighted by Gasteiger charge is -2.11. The van der Waals surface area contributed by atoms with E-state index in [0.29, 0.717) is 25.5 Å². The average molecular weight is 351 g/mol. The van der Waals surface area contributed by atoms with Crippen molar-refractivity contribution in [1.82, 2.24) is 15.2 Å². The van der Waals surface area contributed by atoms with E-state index in [2.05, 4.69) is 15.2 Å². The van der Waals surface area contributed by atoms with E-state index in [9.17, 15) is 4.79 Å². The maximum absolute atomic E-state index is 11.6. The Morgan fingerprint density at radius 2 is 1.81 bits per heavy atom. The molecular formula is C20H21N3O3. The molecular weight excluding hydrogens is 330 g/mol. The molecule has 0 atom stereocenters. The molecule has 0 spiro atoms. The molecule has 6 heteroatoms. The van der Waals surface area contributed by atoms with Gasteiger partial charge in [0.15, 0.2) is 0 Å². The molecule has 0 saturated carbocycles. The fourth-order valence-corrected chi connectivity index (χ4v) is 2.53. The number of carbonyl (C=O) groups is 1. The molecule has 0 saturated heterocycles. The highest BCUT2D eigenvalue weighted by atomic mass is 16.5. The van der Waals surface area contributed by atoms with Crippen LogP contribution in [-0.4, -0.2) is 27.8 Å². The highest BCUT2D eigenvalue weighted by Gasteiger charge is 2.13. The number of esters is 1. The molecule has 0 aliphatic carbocycles. The van der Waals surface area contributed by atoms with Crippen LogP contribution in [0.15, 0.2) is 54.6 Å². The van der Waals surface area contributed by atoms with Crippen molar-refractivity contribution in [2.24, 2.45) is 0 Å². The number of hydrogen-bond acceptors (Lipinski definition) is 5. The fraction of sp³-hybridized carbons (Fsp3) is 0.250. The molecule has 3 aromatic rings. The van der Waals surface area contributed by atoms with Gasteiger partial charge in [-0.1, -0.05) is 48.5 Å². The van der Waals surface area contributed by atoms with Gasteiger partial charge in [0.1, 0.15) is 18.2 Å². The molecule has 0 aliphatic heterocycles. The molecule has 1 heterocycles. The second kappa shape index (κ2) is 8.80. The van der Waals surface area contributed by atoms with Crippen LogP contribution in [0.3, 0.4) is 0 Å². The molecule has 0 radical (unpaired) electrons. The Labute approximate surface area is 152 Å². The van der Waals surface area contributed by atoms with Crippen molar-refractivity contribution in [1.29, 1.82) is 0 Å². The third kappa shape index (κ3) is 4.69. The molecule has 3 rings (SSSR count). The van der Waals surface area contributed by atoms with Crippen molar-refractivity contribution in [2.75, 3.05) is 6.61 Å². The summed E-state index contributed by atoms with van der Waals surface area (Å²) in [5.74, 6) is 1.05. The summed E-state index contributed by atoms with van der Waals surface area (Å²) >= 11 is 0. The summed E-state index contributed by atoms with van der Waals surface area (Å²) in [6.07, 6.45) is 1.35. The smallest absolute Gasteiger partial charge is 0.378 e. The summed E-state index contributed by atoms with van der Waals surface area (Å²) < 4.78 is 10.9. The fourth-order valence-electron chi connectivity index (χ4n) is 2.53. The lowest BCUT2D eigenvalue weighted by Crippen LogP contribution is -2.06. The van der Waals surface area contributed by atoms with Gasteiger partial charge >= 0.3 is 5.97 Å². The Morgan fingerprint density at radius 1 is 1.04 bits per heavy atom. The number of aryl methyl sites for hydroxylation is 2. The van der Waals surface area contributed by atoms with Crippen LogP contribution in [0.2, 0.25) is 0 Å². The summed E-state index contributed by atoms with van der Waals surface area (Å²) in [7, 11) is 0. The van der Waals surface area contributed by atoms with Gasteiger partial charge in [-0.15, -0.1) is 5.10 Å². The van der Waals surface area contributed by atoms with E-state index in [-0.39, 0.29) is 5.82 Å². The van der Waals surface area contributed by atoms with Gasteiger partial charge in [0.25, 0.3) is 5.82 Å². The highest BCUT2D eigenvalue weighted by molar-refractivity contribution is 5.84. The second-order valence-electron chi connectivity index (χ2n) is 5.71. The molecule has 6 nitrogen and oxygen atoms in total. The minimum Gasteiger partial charge on any atom is -0.489 e. The number of aromatic nitrogens is 3. The quantitative estimate of drug-likeness (QED) is 0.630. The van der Waals surface area contributed by atoms with Crippen LogP contribution < -0.4 is 4.74 Å². The number of para-hydroxylation sites is 1. The number of H-pyrrole nitrogens is 1. The number of nitrogens with one attached hydrogen (secondary N) is 1. The Kier molecular flexibility index (Phi) is 5.98. The van der Waals surface area contributed by atoms with Crippen LogP contribution in [0.25, 0.3) is 0 Å². The number of rotatable bonds is 8. The number of ether oxygens (including phenoxy) is 2. The topological polar surface area (TPSA) is 77.1 Å². The van der Waals surface area contributed by atoms with E-state index >= 15 is 0 Å². The summed E-state index contributed by atoms with van der Waals surface area (Å²) in [5.41, 5.74) is 2.20. The predicted molar refractivity (Wildman–Crippen MR) is 97.0 cm³/mol. The van der Waals surface area contributed by atoms with Gasteiger partial charge in [0.2, 0.25) is 0 Å². The molecule has 134 valence electrons. The standard InChI is InChI=1S/C20H21N3O3/c1-2-25-20(24)19-21-18(22-23-19)13-12-16-10-6-7-11-17(16)26-14-15-8-4-3-5-9-15/h3-11H,2,12-14H2,1H3,(H,21,22,23). The summed E-state index contributed by atoms with van der Waals surface area (Å²) in [5, 5.41) is 6.69. The van der Waals surface area contributed by atoms with Crippen LogP contribution in [0, 0.1) is 0 Å². The molecule has 0 fully saturated rings. The van der Waals surface area contributed by atoms with Crippen LogP contribution in [0.5, 0.6) is 5.75 Å². The predicted octanol–water partition coefficient (Wildman–Crippen LogP) is 3.35. The van der Waals surface area contributed by atoms with Crippen molar-refractivity contribution in [3.8, 4) is 5.75 Å². The Balaban J connectivity index is 1.61. The first-order valence-electron chi connectivity index (χ1n) is 8.59. The molecule has 2 aromatic carbocycles. The summed E-state index contributed by atoms with van der Waals surface area (Å²) in [6, 6.07) is 18.0. The molecule has 0 bridgehead atoms. The first kappa shape index (κ1) is 17.7. The molecule has 0 unspecified atom stereocenters. The number of nitrogens with zero attached hydrogens (tertiary/aromatic N) is 2. The number of aromatic amines is 1. The number of benzene rings is 2. The van der Waals surface area contributed by atoms with E-state index in [1.807, 2.05) is 54.6 Å². The Bertz CT molecular complexity index is 846. The van der Waals surface area contributed by atoms with Crippen LogP contribution in [-0.2, 0) is 24.2 Å². The minimum atomic E-state index is -0.512. The van der Waals surface area contributed by atoms with Crippen molar-refractivity contribution >= 4 is 5.97 Å².